The number of amides is 1. The van der Waals surface area contributed by atoms with E-state index in [1.807, 2.05) is 0 Å². The van der Waals surface area contributed by atoms with Crippen LogP contribution >= 0.6 is 11.6 Å². The Morgan fingerprint density at radius 2 is 1.88 bits per heavy atom. The van der Waals surface area contributed by atoms with Crippen molar-refractivity contribution in [3.63, 3.8) is 0 Å². The van der Waals surface area contributed by atoms with E-state index < -0.39 is 11.4 Å². The van der Waals surface area contributed by atoms with Gasteiger partial charge in [-0.05, 0) is 49.8 Å². The van der Waals surface area contributed by atoms with Gasteiger partial charge in [0.2, 0.25) is 5.91 Å². The number of halogens is 2. The average Bonchev–Trinajstić information content (AvgIpc) is 2.77. The highest BCUT2D eigenvalue weighted by Gasteiger charge is 2.23. The van der Waals surface area contributed by atoms with Crippen molar-refractivity contribution in [2.24, 2.45) is 0 Å². The lowest BCUT2D eigenvalue weighted by Gasteiger charge is -2.35. The summed E-state index contributed by atoms with van der Waals surface area (Å²) in [5.74, 6) is 0.205. The number of carbonyl (C=O) groups excluding carboxylic acids is 1. The Kier molecular flexibility index (Phi) is 5.88. The highest BCUT2D eigenvalue weighted by molar-refractivity contribution is 6.34. The van der Waals surface area contributed by atoms with Gasteiger partial charge < -0.3 is 14.9 Å². The zero-order valence-electron chi connectivity index (χ0n) is 18.0. The Morgan fingerprint density at radius 3 is 2.53 bits per heavy atom. The lowest BCUT2D eigenvalue weighted by molar-refractivity contribution is -0.126. The van der Waals surface area contributed by atoms with E-state index in [0.717, 1.165) is 11.2 Å². The predicted octanol–water partition coefficient (Wildman–Crippen LogP) is 4.15. The van der Waals surface area contributed by atoms with E-state index in [-0.39, 0.29) is 5.91 Å². The fraction of sp³-hybridized carbons (Fsp3) is 0.292. The van der Waals surface area contributed by atoms with Gasteiger partial charge in [0.25, 0.3) is 0 Å². The maximum absolute atomic E-state index is 14.7. The predicted molar refractivity (Wildman–Crippen MR) is 124 cm³/mol. The molecule has 166 valence electrons. The van der Waals surface area contributed by atoms with Gasteiger partial charge in [0, 0.05) is 47.7 Å². The van der Waals surface area contributed by atoms with Gasteiger partial charge in [0.1, 0.15) is 18.0 Å². The van der Waals surface area contributed by atoms with Crippen LogP contribution in [0.3, 0.4) is 0 Å². The van der Waals surface area contributed by atoms with Gasteiger partial charge >= 0.3 is 0 Å². The molecule has 1 fully saturated rings. The lowest BCUT2D eigenvalue weighted by atomic mass is 9.93. The minimum atomic E-state index is -1.11. The molecule has 1 aromatic heterocycles. The molecule has 0 saturated carbocycles. The molecule has 3 aromatic rings. The van der Waals surface area contributed by atoms with Crippen LogP contribution in [0, 0.1) is 5.82 Å². The molecule has 32 heavy (non-hydrogen) atoms. The SMILES string of the molecule is C=CC(=O)N1CCN(c2ncnc3cc(-c4cc(C(C)(C)O)ccc4F)c(Cl)cc23)CC1. The second-order valence-corrected chi connectivity index (χ2v) is 8.72. The molecule has 0 spiro atoms. The first-order chi connectivity index (χ1) is 15.2. The van der Waals surface area contributed by atoms with E-state index in [4.69, 9.17) is 11.6 Å². The third-order valence-corrected chi connectivity index (χ3v) is 6.04. The summed E-state index contributed by atoms with van der Waals surface area (Å²) in [4.78, 5) is 24.5. The summed E-state index contributed by atoms with van der Waals surface area (Å²) < 4.78 is 14.7. The fourth-order valence-corrected chi connectivity index (χ4v) is 4.17. The number of rotatable bonds is 4. The molecule has 2 heterocycles. The highest BCUT2D eigenvalue weighted by atomic mass is 35.5. The normalized spacial score (nSPS) is 14.7. The molecule has 8 heteroatoms. The van der Waals surface area contributed by atoms with Gasteiger partial charge in [-0.2, -0.15) is 0 Å². The van der Waals surface area contributed by atoms with Crippen LogP contribution in [0.15, 0.2) is 49.3 Å². The van der Waals surface area contributed by atoms with Crippen molar-refractivity contribution in [3.05, 3.63) is 65.7 Å². The first-order valence-electron chi connectivity index (χ1n) is 10.3. The second kappa shape index (κ2) is 8.48. The van der Waals surface area contributed by atoms with Crippen LogP contribution < -0.4 is 4.90 Å². The number of benzene rings is 2. The summed E-state index contributed by atoms with van der Waals surface area (Å²) in [6.07, 6.45) is 2.79. The Balaban J connectivity index is 1.73. The van der Waals surface area contributed by atoms with Crippen molar-refractivity contribution in [1.82, 2.24) is 14.9 Å². The molecular formula is C24H24ClFN4O2. The summed E-state index contributed by atoms with van der Waals surface area (Å²) in [6, 6.07) is 8.00. The van der Waals surface area contributed by atoms with Crippen molar-refractivity contribution in [3.8, 4) is 11.1 Å². The maximum atomic E-state index is 14.7. The summed E-state index contributed by atoms with van der Waals surface area (Å²) in [7, 11) is 0. The van der Waals surface area contributed by atoms with Gasteiger partial charge in [-0.3, -0.25) is 4.79 Å². The average molecular weight is 455 g/mol. The van der Waals surface area contributed by atoms with Gasteiger partial charge in [0.15, 0.2) is 0 Å². The number of nitrogens with zero attached hydrogens (tertiary/aromatic N) is 4. The molecule has 1 saturated heterocycles. The van der Waals surface area contributed by atoms with Crippen LogP contribution in [0.25, 0.3) is 22.0 Å². The molecule has 1 aliphatic rings. The summed E-state index contributed by atoms with van der Waals surface area (Å²) >= 11 is 6.60. The molecule has 0 aliphatic carbocycles. The highest BCUT2D eigenvalue weighted by Crippen LogP contribution is 2.37. The number of anilines is 1. The van der Waals surface area contributed by atoms with E-state index in [9.17, 15) is 14.3 Å². The smallest absolute Gasteiger partial charge is 0.246 e. The maximum Gasteiger partial charge on any atom is 0.246 e. The summed E-state index contributed by atoms with van der Waals surface area (Å²) in [6.45, 7) is 9.20. The molecule has 1 aliphatic heterocycles. The standard InChI is InChI=1S/C24H24ClFN4O2/c1-4-22(31)29-7-9-30(10-8-29)23-18-12-19(25)16(13-21(18)27-14-28-23)17-11-15(24(2,3)32)5-6-20(17)26/h4-6,11-14,32H,1,7-10H2,2-3H3. The number of aromatic nitrogens is 2. The molecule has 0 unspecified atom stereocenters. The van der Waals surface area contributed by atoms with E-state index in [0.29, 0.717) is 53.4 Å². The van der Waals surface area contributed by atoms with Crippen LogP contribution in [0.4, 0.5) is 10.2 Å². The molecule has 0 bridgehead atoms. The van der Waals surface area contributed by atoms with E-state index in [1.165, 1.54) is 18.5 Å². The summed E-state index contributed by atoms with van der Waals surface area (Å²) in [5, 5.41) is 11.4. The number of hydrogen-bond donors (Lipinski definition) is 1. The number of carbonyl (C=O) groups is 1. The van der Waals surface area contributed by atoms with Crippen LogP contribution in [0.5, 0.6) is 0 Å². The van der Waals surface area contributed by atoms with Crippen molar-refractivity contribution < 1.29 is 14.3 Å². The Hall–Kier alpha value is -3.03. The van der Waals surface area contributed by atoms with E-state index >= 15 is 0 Å². The minimum absolute atomic E-state index is 0.0832. The first-order valence-corrected chi connectivity index (χ1v) is 10.7. The number of aliphatic hydroxyl groups is 1. The van der Waals surface area contributed by atoms with E-state index in [2.05, 4.69) is 21.4 Å². The van der Waals surface area contributed by atoms with Crippen molar-refractivity contribution >= 4 is 34.2 Å². The summed E-state index contributed by atoms with van der Waals surface area (Å²) in [5.41, 5.74) is 0.894. The van der Waals surface area contributed by atoms with Gasteiger partial charge in [-0.15, -0.1) is 0 Å². The molecule has 1 amide bonds. The molecular weight excluding hydrogens is 431 g/mol. The molecule has 2 aromatic carbocycles. The zero-order valence-corrected chi connectivity index (χ0v) is 18.7. The molecule has 0 atom stereocenters. The second-order valence-electron chi connectivity index (χ2n) is 8.32. The lowest BCUT2D eigenvalue weighted by Crippen LogP contribution is -2.48. The van der Waals surface area contributed by atoms with Crippen LogP contribution in [0.2, 0.25) is 5.02 Å². The van der Waals surface area contributed by atoms with Gasteiger partial charge in [-0.25, -0.2) is 14.4 Å². The van der Waals surface area contributed by atoms with Crippen LogP contribution in [-0.2, 0) is 10.4 Å². The Bertz CT molecular complexity index is 1200. The topological polar surface area (TPSA) is 69.6 Å². The fourth-order valence-electron chi connectivity index (χ4n) is 3.90. The van der Waals surface area contributed by atoms with Gasteiger partial charge in [0.05, 0.1) is 11.1 Å². The molecule has 4 rings (SSSR count). The van der Waals surface area contributed by atoms with Gasteiger partial charge in [-0.1, -0.05) is 24.2 Å². The largest absolute Gasteiger partial charge is 0.386 e. The van der Waals surface area contributed by atoms with Crippen LogP contribution in [0.1, 0.15) is 19.4 Å². The van der Waals surface area contributed by atoms with E-state index in [1.54, 1.807) is 43.0 Å². The minimum Gasteiger partial charge on any atom is -0.386 e. The molecule has 6 nitrogen and oxygen atoms in total. The molecule has 0 radical (unpaired) electrons. The first kappa shape index (κ1) is 22.2. The Labute approximate surface area is 191 Å². The van der Waals surface area contributed by atoms with Crippen molar-refractivity contribution in [2.45, 2.75) is 19.4 Å². The number of fused-ring (bicyclic) bond motifs is 1. The zero-order chi connectivity index (χ0) is 23.0. The number of piperazine rings is 1. The van der Waals surface area contributed by atoms with Crippen molar-refractivity contribution in [2.75, 3.05) is 31.1 Å². The monoisotopic (exact) mass is 454 g/mol. The third-order valence-electron chi connectivity index (χ3n) is 5.73. The Morgan fingerprint density at radius 1 is 1.16 bits per heavy atom. The van der Waals surface area contributed by atoms with Crippen molar-refractivity contribution in [1.29, 1.82) is 0 Å². The third kappa shape index (κ3) is 4.18. The molecule has 1 N–H and O–H groups in total. The van der Waals surface area contributed by atoms with Crippen LogP contribution in [-0.4, -0.2) is 52.1 Å². The number of hydrogen-bond acceptors (Lipinski definition) is 5. The quantitative estimate of drug-likeness (QED) is 0.600.